The van der Waals surface area contributed by atoms with E-state index in [1.165, 1.54) is 0 Å². The van der Waals surface area contributed by atoms with E-state index in [1.807, 2.05) is 57.2 Å². The maximum Gasteiger partial charge on any atom is 0.251 e. The third-order valence-corrected chi connectivity index (χ3v) is 4.44. The molecular weight excluding hydrogens is 368 g/mol. The second kappa shape index (κ2) is 11.2. The van der Waals surface area contributed by atoms with E-state index in [4.69, 9.17) is 9.47 Å². The summed E-state index contributed by atoms with van der Waals surface area (Å²) in [6.07, 6.45) is 0. The number of carbonyl (C=O) groups is 2. The summed E-state index contributed by atoms with van der Waals surface area (Å²) in [5.74, 6) is 0.206. The van der Waals surface area contributed by atoms with Gasteiger partial charge >= 0.3 is 0 Å². The van der Waals surface area contributed by atoms with Gasteiger partial charge < -0.3 is 20.1 Å². The minimum absolute atomic E-state index is 0.0486. The lowest BCUT2D eigenvalue weighted by molar-refractivity contribution is -0.124. The summed E-state index contributed by atoms with van der Waals surface area (Å²) in [5.41, 5.74) is 2.46. The Hall–Kier alpha value is -2.86. The largest absolute Gasteiger partial charge is 0.491 e. The average molecular weight is 399 g/mol. The first-order chi connectivity index (χ1) is 13.9. The molecule has 6 nitrogen and oxygen atoms in total. The first-order valence-electron chi connectivity index (χ1n) is 9.76. The summed E-state index contributed by atoms with van der Waals surface area (Å²) in [7, 11) is 1.62. The van der Waals surface area contributed by atoms with Crippen LogP contribution in [0.2, 0.25) is 0 Å². The van der Waals surface area contributed by atoms with Gasteiger partial charge in [0.25, 0.3) is 5.91 Å². The Morgan fingerprint density at radius 2 is 1.79 bits per heavy atom. The molecule has 2 aromatic carbocycles. The van der Waals surface area contributed by atoms with Crippen LogP contribution in [-0.2, 0) is 16.1 Å². The van der Waals surface area contributed by atoms with Gasteiger partial charge in [0.05, 0.1) is 6.61 Å². The molecule has 0 saturated heterocycles. The smallest absolute Gasteiger partial charge is 0.251 e. The van der Waals surface area contributed by atoms with Gasteiger partial charge in [-0.05, 0) is 42.7 Å². The monoisotopic (exact) mass is 398 g/mol. The van der Waals surface area contributed by atoms with Crippen LogP contribution >= 0.6 is 0 Å². The number of amides is 2. The van der Waals surface area contributed by atoms with Gasteiger partial charge in [-0.25, -0.2) is 0 Å². The fourth-order valence-electron chi connectivity index (χ4n) is 2.83. The van der Waals surface area contributed by atoms with Crippen LogP contribution in [-0.4, -0.2) is 38.2 Å². The van der Waals surface area contributed by atoms with E-state index in [2.05, 4.69) is 10.6 Å². The molecule has 0 aliphatic rings. The first kappa shape index (κ1) is 22.4. The molecule has 0 fully saturated rings. The van der Waals surface area contributed by atoms with Crippen LogP contribution in [0.5, 0.6) is 5.75 Å². The van der Waals surface area contributed by atoms with Gasteiger partial charge in [0.15, 0.2) is 0 Å². The van der Waals surface area contributed by atoms with Crippen LogP contribution in [0.15, 0.2) is 48.5 Å². The van der Waals surface area contributed by atoms with Gasteiger partial charge in [-0.3, -0.25) is 9.59 Å². The first-order valence-corrected chi connectivity index (χ1v) is 9.76. The third-order valence-electron chi connectivity index (χ3n) is 4.44. The third kappa shape index (κ3) is 7.23. The second-order valence-corrected chi connectivity index (χ2v) is 7.27. The van der Waals surface area contributed by atoms with Crippen molar-refractivity contribution in [3.63, 3.8) is 0 Å². The van der Waals surface area contributed by atoms with Crippen molar-refractivity contribution in [3.8, 4) is 5.75 Å². The number of ether oxygens (including phenoxy) is 2. The standard InChI is InChI=1S/C23H30N2O4/c1-16(2)21(25-22(26)19-9-5-7-17(3)13-19)23(27)24-15-18-8-6-10-20(14-18)29-12-11-28-4/h5-10,13-14,16,21H,11-12,15H2,1-4H3,(H,24,27)(H,25,26). The number of hydrogen-bond donors (Lipinski definition) is 2. The van der Waals surface area contributed by atoms with E-state index in [0.29, 0.717) is 25.3 Å². The van der Waals surface area contributed by atoms with Crippen molar-refractivity contribution < 1.29 is 19.1 Å². The van der Waals surface area contributed by atoms with Gasteiger partial charge in [0.2, 0.25) is 5.91 Å². The van der Waals surface area contributed by atoms with Crippen molar-refractivity contribution in [1.29, 1.82) is 0 Å². The van der Waals surface area contributed by atoms with Crippen LogP contribution in [0, 0.1) is 12.8 Å². The van der Waals surface area contributed by atoms with Crippen molar-refractivity contribution in [2.75, 3.05) is 20.3 Å². The zero-order valence-electron chi connectivity index (χ0n) is 17.5. The van der Waals surface area contributed by atoms with Crippen molar-refractivity contribution in [2.45, 2.75) is 33.4 Å². The lowest BCUT2D eigenvalue weighted by Gasteiger charge is -2.22. The number of methoxy groups -OCH3 is 1. The summed E-state index contributed by atoms with van der Waals surface area (Å²) in [5, 5.41) is 5.76. The van der Waals surface area contributed by atoms with Gasteiger partial charge in [-0.2, -0.15) is 0 Å². The molecule has 2 amide bonds. The molecule has 1 unspecified atom stereocenters. The van der Waals surface area contributed by atoms with E-state index >= 15 is 0 Å². The normalized spacial score (nSPS) is 11.8. The second-order valence-electron chi connectivity index (χ2n) is 7.27. The fourth-order valence-corrected chi connectivity index (χ4v) is 2.83. The Morgan fingerprint density at radius 3 is 2.48 bits per heavy atom. The highest BCUT2D eigenvalue weighted by Gasteiger charge is 2.24. The molecule has 0 heterocycles. The number of benzene rings is 2. The zero-order chi connectivity index (χ0) is 21.2. The lowest BCUT2D eigenvalue weighted by Crippen LogP contribution is -2.49. The minimum Gasteiger partial charge on any atom is -0.491 e. The Balaban J connectivity index is 1.96. The number of rotatable bonds is 10. The predicted octanol–water partition coefficient (Wildman–Crippen LogP) is 3.09. The lowest BCUT2D eigenvalue weighted by atomic mass is 10.0. The van der Waals surface area contributed by atoms with Crippen molar-refractivity contribution >= 4 is 11.8 Å². The maximum atomic E-state index is 12.7. The molecule has 29 heavy (non-hydrogen) atoms. The number of nitrogens with one attached hydrogen (secondary N) is 2. The number of hydrogen-bond acceptors (Lipinski definition) is 4. The molecule has 0 bridgehead atoms. The molecule has 6 heteroatoms. The zero-order valence-corrected chi connectivity index (χ0v) is 17.5. The van der Waals surface area contributed by atoms with Gasteiger partial charge in [0.1, 0.15) is 18.4 Å². The number of aryl methyl sites for hydroxylation is 1. The molecule has 0 spiro atoms. The molecule has 0 aromatic heterocycles. The quantitative estimate of drug-likeness (QED) is 0.603. The van der Waals surface area contributed by atoms with Crippen molar-refractivity contribution in [1.82, 2.24) is 10.6 Å². The predicted molar refractivity (Wildman–Crippen MR) is 113 cm³/mol. The molecule has 0 saturated carbocycles. The van der Waals surface area contributed by atoms with Crippen LogP contribution in [0.25, 0.3) is 0 Å². The molecule has 2 N–H and O–H groups in total. The van der Waals surface area contributed by atoms with Crippen LogP contribution < -0.4 is 15.4 Å². The van der Waals surface area contributed by atoms with Crippen molar-refractivity contribution in [3.05, 3.63) is 65.2 Å². The Labute approximate surface area is 172 Å². The van der Waals surface area contributed by atoms with Crippen LogP contribution in [0.1, 0.15) is 35.3 Å². The van der Waals surface area contributed by atoms with Crippen LogP contribution in [0.3, 0.4) is 0 Å². The minimum atomic E-state index is -0.621. The number of carbonyl (C=O) groups excluding carboxylic acids is 2. The van der Waals surface area contributed by atoms with E-state index in [1.54, 1.807) is 19.2 Å². The molecule has 0 aliphatic heterocycles. The topological polar surface area (TPSA) is 76.7 Å². The van der Waals surface area contributed by atoms with E-state index < -0.39 is 6.04 Å². The fraction of sp³-hybridized carbons (Fsp3) is 0.391. The Kier molecular flexibility index (Phi) is 8.68. The van der Waals surface area contributed by atoms with E-state index in [-0.39, 0.29) is 17.7 Å². The summed E-state index contributed by atoms with van der Waals surface area (Å²) < 4.78 is 10.6. The highest BCUT2D eigenvalue weighted by Crippen LogP contribution is 2.14. The van der Waals surface area contributed by atoms with Gasteiger partial charge in [-0.1, -0.05) is 43.7 Å². The molecule has 2 aromatic rings. The van der Waals surface area contributed by atoms with E-state index in [0.717, 1.165) is 16.9 Å². The Morgan fingerprint density at radius 1 is 1.03 bits per heavy atom. The summed E-state index contributed by atoms with van der Waals surface area (Å²) in [4.78, 5) is 25.3. The highest BCUT2D eigenvalue weighted by molar-refractivity contribution is 5.97. The van der Waals surface area contributed by atoms with E-state index in [9.17, 15) is 9.59 Å². The molecule has 0 aliphatic carbocycles. The molecule has 1 atom stereocenters. The average Bonchev–Trinajstić information content (AvgIpc) is 2.70. The SMILES string of the molecule is COCCOc1cccc(CNC(=O)C(NC(=O)c2cccc(C)c2)C(C)C)c1. The molecule has 156 valence electrons. The summed E-state index contributed by atoms with van der Waals surface area (Å²) >= 11 is 0. The highest BCUT2D eigenvalue weighted by atomic mass is 16.5. The van der Waals surface area contributed by atoms with Gasteiger partial charge in [-0.15, -0.1) is 0 Å². The summed E-state index contributed by atoms with van der Waals surface area (Å²) in [6, 6.07) is 14.2. The molecule has 2 rings (SSSR count). The maximum absolute atomic E-state index is 12.7. The van der Waals surface area contributed by atoms with Gasteiger partial charge in [0, 0.05) is 19.2 Å². The summed E-state index contributed by atoms with van der Waals surface area (Å²) in [6.45, 7) is 7.07. The Bertz CT molecular complexity index is 820. The van der Waals surface area contributed by atoms with Crippen LogP contribution in [0.4, 0.5) is 0 Å². The van der Waals surface area contributed by atoms with Crippen molar-refractivity contribution in [2.24, 2.45) is 5.92 Å². The molecule has 0 radical (unpaired) electrons. The molecular formula is C23H30N2O4.